The molecule has 0 saturated heterocycles. The highest BCUT2D eigenvalue weighted by molar-refractivity contribution is 6.20. The third kappa shape index (κ3) is 2.02. The average Bonchev–Trinajstić information content (AvgIpc) is 2.84. The standard InChI is InChI=1S/C9H11ClN4O/c1-3-6(10)8-11-9(15-13-8)7-4-5-14(2)12-7/h4-6H,3H2,1-2H3. The molecule has 0 aliphatic heterocycles. The summed E-state index contributed by atoms with van der Waals surface area (Å²) in [5.74, 6) is 0.921. The number of hydrogen-bond donors (Lipinski definition) is 0. The fourth-order valence-electron chi connectivity index (χ4n) is 1.18. The SMILES string of the molecule is CCC(Cl)c1noc(-c2ccn(C)n2)n1. The molecule has 2 aromatic heterocycles. The molecular formula is C9H11ClN4O. The normalized spacial score (nSPS) is 13.0. The summed E-state index contributed by atoms with van der Waals surface area (Å²) >= 11 is 5.99. The number of rotatable bonds is 3. The van der Waals surface area contributed by atoms with E-state index in [1.165, 1.54) is 0 Å². The van der Waals surface area contributed by atoms with Gasteiger partial charge in [0.25, 0.3) is 5.89 Å². The lowest BCUT2D eigenvalue weighted by molar-refractivity contribution is 0.419. The third-order valence-electron chi connectivity index (χ3n) is 2.01. The Bertz CT molecular complexity index is 450. The predicted molar refractivity (Wildman–Crippen MR) is 55.4 cm³/mol. The Morgan fingerprint density at radius 3 is 3.00 bits per heavy atom. The maximum Gasteiger partial charge on any atom is 0.278 e. The van der Waals surface area contributed by atoms with Gasteiger partial charge in [-0.1, -0.05) is 12.1 Å². The Balaban J connectivity index is 2.27. The number of aryl methyl sites for hydroxylation is 1. The van der Waals surface area contributed by atoms with Gasteiger partial charge in [-0.3, -0.25) is 4.68 Å². The summed E-state index contributed by atoms with van der Waals surface area (Å²) < 4.78 is 6.74. The van der Waals surface area contributed by atoms with Gasteiger partial charge in [-0.25, -0.2) is 0 Å². The molecule has 1 atom stereocenters. The number of halogens is 1. The molecule has 0 spiro atoms. The second-order valence-electron chi connectivity index (χ2n) is 3.21. The molecule has 0 aliphatic carbocycles. The summed E-state index contributed by atoms with van der Waals surface area (Å²) in [6.45, 7) is 1.97. The van der Waals surface area contributed by atoms with E-state index in [-0.39, 0.29) is 5.38 Å². The van der Waals surface area contributed by atoms with E-state index >= 15 is 0 Å². The van der Waals surface area contributed by atoms with Crippen molar-refractivity contribution in [2.75, 3.05) is 0 Å². The van der Waals surface area contributed by atoms with Crippen molar-refractivity contribution >= 4 is 11.6 Å². The van der Waals surface area contributed by atoms with Gasteiger partial charge in [0.05, 0.1) is 5.38 Å². The van der Waals surface area contributed by atoms with Gasteiger partial charge in [-0.15, -0.1) is 11.6 Å². The molecule has 15 heavy (non-hydrogen) atoms. The highest BCUT2D eigenvalue weighted by Crippen LogP contribution is 2.23. The zero-order chi connectivity index (χ0) is 10.8. The first-order valence-corrected chi connectivity index (χ1v) is 5.12. The Kier molecular flexibility index (Phi) is 2.73. The summed E-state index contributed by atoms with van der Waals surface area (Å²) in [7, 11) is 1.83. The van der Waals surface area contributed by atoms with Crippen LogP contribution < -0.4 is 0 Å². The zero-order valence-electron chi connectivity index (χ0n) is 8.51. The van der Waals surface area contributed by atoms with Crippen LogP contribution in [-0.2, 0) is 7.05 Å². The summed E-state index contributed by atoms with van der Waals surface area (Å²) in [4.78, 5) is 4.18. The van der Waals surface area contributed by atoms with E-state index in [0.29, 0.717) is 17.4 Å². The van der Waals surface area contributed by atoms with E-state index in [1.807, 2.05) is 26.2 Å². The van der Waals surface area contributed by atoms with Gasteiger partial charge < -0.3 is 4.52 Å². The summed E-state index contributed by atoms with van der Waals surface area (Å²) in [6.07, 6.45) is 2.58. The minimum absolute atomic E-state index is 0.203. The van der Waals surface area contributed by atoms with Gasteiger partial charge in [-0.2, -0.15) is 10.1 Å². The second-order valence-corrected chi connectivity index (χ2v) is 3.73. The van der Waals surface area contributed by atoms with Crippen LogP contribution in [0.1, 0.15) is 24.5 Å². The topological polar surface area (TPSA) is 56.7 Å². The van der Waals surface area contributed by atoms with Crippen molar-refractivity contribution in [3.63, 3.8) is 0 Å². The second kappa shape index (κ2) is 4.02. The lowest BCUT2D eigenvalue weighted by Crippen LogP contribution is -1.91. The highest BCUT2D eigenvalue weighted by Gasteiger charge is 2.16. The smallest absolute Gasteiger partial charge is 0.278 e. The fourth-order valence-corrected chi connectivity index (χ4v) is 1.27. The molecule has 2 rings (SSSR count). The summed E-state index contributed by atoms with van der Waals surface area (Å²) in [5.41, 5.74) is 0.663. The molecule has 0 aliphatic rings. The maximum absolute atomic E-state index is 5.99. The van der Waals surface area contributed by atoms with E-state index in [0.717, 1.165) is 6.42 Å². The fraction of sp³-hybridized carbons (Fsp3) is 0.444. The molecule has 1 unspecified atom stereocenters. The monoisotopic (exact) mass is 226 g/mol. The Labute approximate surface area is 92.0 Å². The summed E-state index contributed by atoms with van der Waals surface area (Å²) in [6, 6.07) is 1.81. The number of nitrogens with zero attached hydrogens (tertiary/aromatic N) is 4. The highest BCUT2D eigenvalue weighted by atomic mass is 35.5. The van der Waals surface area contributed by atoms with E-state index in [1.54, 1.807) is 4.68 Å². The van der Waals surface area contributed by atoms with Crippen LogP contribution in [0, 0.1) is 0 Å². The minimum Gasteiger partial charge on any atom is -0.332 e. The minimum atomic E-state index is -0.203. The van der Waals surface area contributed by atoms with E-state index in [9.17, 15) is 0 Å². The largest absolute Gasteiger partial charge is 0.332 e. The molecule has 0 radical (unpaired) electrons. The van der Waals surface area contributed by atoms with Gasteiger partial charge in [-0.05, 0) is 12.5 Å². The molecule has 2 aromatic rings. The van der Waals surface area contributed by atoms with Gasteiger partial charge in [0.1, 0.15) is 0 Å². The number of aromatic nitrogens is 4. The van der Waals surface area contributed by atoms with Crippen LogP contribution in [0.3, 0.4) is 0 Å². The molecule has 0 saturated carbocycles. The van der Waals surface area contributed by atoms with E-state index in [2.05, 4.69) is 15.2 Å². The van der Waals surface area contributed by atoms with Crippen molar-refractivity contribution in [2.45, 2.75) is 18.7 Å². The maximum atomic E-state index is 5.99. The third-order valence-corrected chi connectivity index (χ3v) is 2.52. The molecule has 5 nitrogen and oxygen atoms in total. The van der Waals surface area contributed by atoms with Crippen LogP contribution in [0.25, 0.3) is 11.6 Å². The quantitative estimate of drug-likeness (QED) is 0.753. The van der Waals surface area contributed by atoms with E-state index in [4.69, 9.17) is 16.1 Å². The predicted octanol–water partition coefficient (Wildman–Crippen LogP) is 2.16. The van der Waals surface area contributed by atoms with Gasteiger partial charge in [0.2, 0.25) is 0 Å². The lowest BCUT2D eigenvalue weighted by Gasteiger charge is -1.95. The number of hydrogen-bond acceptors (Lipinski definition) is 4. The zero-order valence-corrected chi connectivity index (χ0v) is 9.27. The van der Waals surface area contributed by atoms with Crippen molar-refractivity contribution in [3.8, 4) is 11.6 Å². The van der Waals surface area contributed by atoms with Crippen LogP contribution in [0.5, 0.6) is 0 Å². The first-order chi connectivity index (χ1) is 7.20. The average molecular weight is 227 g/mol. The van der Waals surface area contributed by atoms with Crippen LogP contribution in [-0.4, -0.2) is 19.9 Å². The molecule has 0 fully saturated rings. The number of alkyl halides is 1. The Morgan fingerprint density at radius 1 is 1.60 bits per heavy atom. The van der Waals surface area contributed by atoms with Crippen molar-refractivity contribution in [2.24, 2.45) is 7.05 Å². The van der Waals surface area contributed by atoms with Crippen molar-refractivity contribution in [1.29, 1.82) is 0 Å². The van der Waals surface area contributed by atoms with Crippen molar-refractivity contribution < 1.29 is 4.52 Å². The van der Waals surface area contributed by atoms with E-state index < -0.39 is 0 Å². The van der Waals surface area contributed by atoms with Gasteiger partial charge in [0.15, 0.2) is 11.5 Å². The Morgan fingerprint density at radius 2 is 2.40 bits per heavy atom. The Hall–Kier alpha value is -1.36. The molecule has 6 heteroatoms. The molecular weight excluding hydrogens is 216 g/mol. The van der Waals surface area contributed by atoms with Crippen LogP contribution in [0.2, 0.25) is 0 Å². The van der Waals surface area contributed by atoms with Gasteiger partial charge >= 0.3 is 0 Å². The van der Waals surface area contributed by atoms with Crippen LogP contribution in [0.15, 0.2) is 16.8 Å². The van der Waals surface area contributed by atoms with Crippen molar-refractivity contribution in [3.05, 3.63) is 18.1 Å². The first-order valence-electron chi connectivity index (χ1n) is 4.68. The molecule has 0 bridgehead atoms. The van der Waals surface area contributed by atoms with Gasteiger partial charge in [0, 0.05) is 13.2 Å². The molecule has 0 N–H and O–H groups in total. The lowest BCUT2D eigenvalue weighted by atomic mass is 10.3. The summed E-state index contributed by atoms with van der Waals surface area (Å²) in [5, 5.41) is 7.76. The van der Waals surface area contributed by atoms with Crippen molar-refractivity contribution in [1.82, 2.24) is 19.9 Å². The van der Waals surface area contributed by atoms with Crippen LogP contribution in [0.4, 0.5) is 0 Å². The molecule has 0 aromatic carbocycles. The molecule has 80 valence electrons. The first kappa shape index (κ1) is 10.2. The molecule has 0 amide bonds. The molecule has 2 heterocycles. The van der Waals surface area contributed by atoms with Crippen LogP contribution >= 0.6 is 11.6 Å².